The van der Waals surface area contributed by atoms with Gasteiger partial charge in [0.1, 0.15) is 6.61 Å². The average molecular weight is 368 g/mol. The molecular weight excluding hydrogens is 358 g/mol. The third kappa shape index (κ3) is 4.52. The van der Waals surface area contributed by atoms with E-state index in [4.69, 9.17) is 27.9 Å². The van der Waals surface area contributed by atoms with Crippen molar-refractivity contribution >= 4 is 35.0 Å². The standard InChI is InChI=1S/C13H10Cl2F3N3O2/c1-21-5-10(11(20-21)13(16,17)18)19-12(22)23-6-7-2-3-8(14)4-9(7)15/h2-5H,6H2,1H3,(H,19,22). The highest BCUT2D eigenvalue weighted by Gasteiger charge is 2.37. The molecule has 1 aromatic carbocycles. The van der Waals surface area contributed by atoms with Gasteiger partial charge in [0.25, 0.3) is 0 Å². The summed E-state index contributed by atoms with van der Waals surface area (Å²) < 4.78 is 44.1. The molecule has 0 atom stereocenters. The van der Waals surface area contributed by atoms with E-state index in [1.807, 2.05) is 5.32 Å². The molecule has 10 heteroatoms. The van der Waals surface area contributed by atoms with Gasteiger partial charge in [-0.2, -0.15) is 18.3 Å². The molecule has 1 heterocycles. The van der Waals surface area contributed by atoms with Gasteiger partial charge in [0.05, 0.1) is 5.69 Å². The monoisotopic (exact) mass is 367 g/mol. The lowest BCUT2D eigenvalue weighted by Gasteiger charge is -2.09. The molecule has 0 radical (unpaired) electrons. The zero-order chi connectivity index (χ0) is 17.2. The van der Waals surface area contributed by atoms with E-state index < -0.39 is 23.7 Å². The minimum atomic E-state index is -4.69. The SMILES string of the molecule is Cn1cc(NC(=O)OCc2ccc(Cl)cc2Cl)c(C(F)(F)F)n1. The van der Waals surface area contributed by atoms with Gasteiger partial charge in [0.2, 0.25) is 0 Å². The summed E-state index contributed by atoms with van der Waals surface area (Å²) in [6.45, 7) is -0.219. The fourth-order valence-electron chi connectivity index (χ4n) is 1.72. The van der Waals surface area contributed by atoms with Crippen molar-refractivity contribution in [1.82, 2.24) is 9.78 Å². The van der Waals surface area contributed by atoms with Gasteiger partial charge in [-0.1, -0.05) is 29.3 Å². The van der Waals surface area contributed by atoms with Crippen LogP contribution in [-0.2, 0) is 24.6 Å². The molecule has 0 saturated carbocycles. The number of alkyl halides is 3. The van der Waals surface area contributed by atoms with Crippen molar-refractivity contribution in [3.05, 3.63) is 45.7 Å². The number of anilines is 1. The van der Waals surface area contributed by atoms with Crippen molar-refractivity contribution in [2.45, 2.75) is 12.8 Å². The molecule has 2 rings (SSSR count). The molecule has 0 spiro atoms. The number of ether oxygens (including phenoxy) is 1. The minimum Gasteiger partial charge on any atom is -0.444 e. The number of carbonyl (C=O) groups is 1. The van der Waals surface area contributed by atoms with Crippen molar-refractivity contribution < 1.29 is 22.7 Å². The number of aryl methyl sites for hydroxylation is 1. The molecule has 0 bridgehead atoms. The van der Waals surface area contributed by atoms with Crippen LogP contribution in [0, 0.1) is 0 Å². The van der Waals surface area contributed by atoms with Crippen LogP contribution in [0.25, 0.3) is 0 Å². The smallest absolute Gasteiger partial charge is 0.437 e. The number of carbonyl (C=O) groups excluding carboxylic acids is 1. The normalized spacial score (nSPS) is 11.4. The van der Waals surface area contributed by atoms with Gasteiger partial charge < -0.3 is 4.74 Å². The number of aromatic nitrogens is 2. The minimum absolute atomic E-state index is 0.219. The van der Waals surface area contributed by atoms with Crippen molar-refractivity contribution in [3.63, 3.8) is 0 Å². The van der Waals surface area contributed by atoms with Crippen LogP contribution in [0.5, 0.6) is 0 Å². The summed E-state index contributed by atoms with van der Waals surface area (Å²) in [6.07, 6.45) is -4.72. The van der Waals surface area contributed by atoms with Crippen molar-refractivity contribution in [2.75, 3.05) is 5.32 Å². The molecule has 0 unspecified atom stereocenters. The Morgan fingerprint density at radius 2 is 2.09 bits per heavy atom. The summed E-state index contributed by atoms with van der Waals surface area (Å²) in [5.41, 5.74) is -1.23. The first kappa shape index (κ1) is 17.4. The molecule has 0 saturated heterocycles. The van der Waals surface area contributed by atoms with Crippen LogP contribution < -0.4 is 5.32 Å². The lowest BCUT2D eigenvalue weighted by atomic mass is 10.2. The van der Waals surface area contributed by atoms with Crippen LogP contribution in [0.15, 0.2) is 24.4 Å². The summed E-state index contributed by atoms with van der Waals surface area (Å²) >= 11 is 11.6. The molecule has 2 aromatic rings. The first-order chi connectivity index (χ1) is 10.7. The van der Waals surface area contributed by atoms with E-state index in [1.165, 1.54) is 13.1 Å². The Balaban J connectivity index is 2.03. The van der Waals surface area contributed by atoms with Crippen LogP contribution in [0.2, 0.25) is 10.0 Å². The highest BCUT2D eigenvalue weighted by molar-refractivity contribution is 6.35. The van der Waals surface area contributed by atoms with Gasteiger partial charge in [-0.05, 0) is 12.1 Å². The van der Waals surface area contributed by atoms with Crippen LogP contribution in [0.4, 0.5) is 23.7 Å². The summed E-state index contributed by atoms with van der Waals surface area (Å²) in [5, 5.41) is 5.96. The second-order valence-electron chi connectivity index (χ2n) is 4.50. The number of nitrogens with zero attached hydrogens (tertiary/aromatic N) is 2. The average Bonchev–Trinajstić information content (AvgIpc) is 2.78. The molecule has 5 nitrogen and oxygen atoms in total. The zero-order valence-electron chi connectivity index (χ0n) is 11.6. The fraction of sp³-hybridized carbons (Fsp3) is 0.231. The maximum Gasteiger partial charge on any atom is 0.437 e. The van der Waals surface area contributed by atoms with Crippen LogP contribution >= 0.6 is 23.2 Å². The molecule has 0 aliphatic carbocycles. The third-order valence-corrected chi connectivity index (χ3v) is 3.29. The summed E-state index contributed by atoms with van der Waals surface area (Å²) in [4.78, 5) is 11.6. The zero-order valence-corrected chi connectivity index (χ0v) is 13.1. The molecule has 0 aliphatic heterocycles. The predicted molar refractivity (Wildman–Crippen MR) is 78.5 cm³/mol. The summed E-state index contributed by atoms with van der Waals surface area (Å²) in [7, 11) is 1.30. The maximum absolute atomic E-state index is 12.8. The van der Waals surface area contributed by atoms with E-state index in [0.29, 0.717) is 10.6 Å². The van der Waals surface area contributed by atoms with Gasteiger partial charge in [-0.15, -0.1) is 0 Å². The molecule has 0 fully saturated rings. The van der Waals surface area contributed by atoms with Crippen molar-refractivity contribution in [1.29, 1.82) is 0 Å². The Kier molecular flexibility index (Phi) is 5.06. The summed E-state index contributed by atoms with van der Waals surface area (Å²) in [6, 6.07) is 4.55. The molecule has 0 aliphatic rings. The van der Waals surface area contributed by atoms with Crippen molar-refractivity contribution in [2.24, 2.45) is 7.05 Å². The molecule has 1 amide bonds. The van der Waals surface area contributed by atoms with E-state index in [0.717, 1.165) is 10.9 Å². The second kappa shape index (κ2) is 6.67. The number of hydrogen-bond donors (Lipinski definition) is 1. The Morgan fingerprint density at radius 3 is 2.70 bits per heavy atom. The van der Waals surface area contributed by atoms with E-state index >= 15 is 0 Å². The van der Waals surface area contributed by atoms with E-state index in [-0.39, 0.29) is 11.6 Å². The molecule has 1 N–H and O–H groups in total. The van der Waals surface area contributed by atoms with E-state index in [9.17, 15) is 18.0 Å². The molecule has 23 heavy (non-hydrogen) atoms. The maximum atomic E-state index is 12.8. The Morgan fingerprint density at radius 1 is 1.39 bits per heavy atom. The highest BCUT2D eigenvalue weighted by atomic mass is 35.5. The number of nitrogens with one attached hydrogen (secondary N) is 1. The van der Waals surface area contributed by atoms with E-state index in [2.05, 4.69) is 5.10 Å². The summed E-state index contributed by atoms with van der Waals surface area (Å²) in [5.74, 6) is 0. The van der Waals surface area contributed by atoms with E-state index in [1.54, 1.807) is 12.1 Å². The topological polar surface area (TPSA) is 56.2 Å². The largest absolute Gasteiger partial charge is 0.444 e. The Labute approximate surface area is 138 Å². The van der Waals surface area contributed by atoms with Crippen LogP contribution in [0.1, 0.15) is 11.3 Å². The predicted octanol–water partition coefficient (Wildman–Crippen LogP) is 4.49. The van der Waals surface area contributed by atoms with Gasteiger partial charge in [0.15, 0.2) is 5.69 Å². The Bertz CT molecular complexity index is 732. The van der Waals surface area contributed by atoms with Gasteiger partial charge in [-0.25, -0.2) is 4.79 Å². The van der Waals surface area contributed by atoms with Gasteiger partial charge in [0, 0.05) is 28.9 Å². The van der Waals surface area contributed by atoms with Crippen LogP contribution in [0.3, 0.4) is 0 Å². The second-order valence-corrected chi connectivity index (χ2v) is 5.34. The number of amides is 1. The molecule has 1 aromatic heterocycles. The highest BCUT2D eigenvalue weighted by Crippen LogP contribution is 2.33. The number of halogens is 5. The van der Waals surface area contributed by atoms with Crippen LogP contribution in [-0.4, -0.2) is 15.9 Å². The first-order valence-corrected chi connectivity index (χ1v) is 6.91. The quantitative estimate of drug-likeness (QED) is 0.868. The molecule has 124 valence electrons. The molecular formula is C13H10Cl2F3N3O2. The number of benzene rings is 1. The lowest BCUT2D eigenvalue weighted by molar-refractivity contribution is -0.140. The van der Waals surface area contributed by atoms with Gasteiger partial charge >= 0.3 is 12.3 Å². The number of hydrogen-bond acceptors (Lipinski definition) is 3. The fourth-order valence-corrected chi connectivity index (χ4v) is 2.18. The first-order valence-electron chi connectivity index (χ1n) is 6.15. The van der Waals surface area contributed by atoms with Crippen molar-refractivity contribution in [3.8, 4) is 0 Å². The lowest BCUT2D eigenvalue weighted by Crippen LogP contribution is -2.17. The Hall–Kier alpha value is -1.93. The number of rotatable bonds is 3. The third-order valence-electron chi connectivity index (χ3n) is 2.71. The van der Waals surface area contributed by atoms with Gasteiger partial charge in [-0.3, -0.25) is 10.00 Å².